The molecule has 0 radical (unpaired) electrons. The van der Waals surface area contributed by atoms with Gasteiger partial charge in [-0.05, 0) is 23.8 Å². The molecule has 4 nitrogen and oxygen atoms in total. The number of hydrogen-bond donors (Lipinski definition) is 2. The maximum atomic E-state index is 13.3. The standard InChI is InChI=1S/C12H17BrFN3O/c13-11-2-1-9(14)7-10(11)12(8-15)16-17-3-5-18-6-4-17/h1-2,7,12,16H,3-6,8,15H2. The predicted octanol–water partition coefficient (Wildman–Crippen LogP) is 1.42. The lowest BCUT2D eigenvalue weighted by atomic mass is 10.1. The van der Waals surface area contributed by atoms with Gasteiger partial charge in [0.05, 0.1) is 19.3 Å². The lowest BCUT2D eigenvalue weighted by Crippen LogP contribution is -2.48. The van der Waals surface area contributed by atoms with E-state index in [1.807, 2.05) is 0 Å². The van der Waals surface area contributed by atoms with Crippen LogP contribution in [0.5, 0.6) is 0 Å². The highest BCUT2D eigenvalue weighted by atomic mass is 79.9. The molecule has 0 aromatic heterocycles. The molecular weight excluding hydrogens is 301 g/mol. The van der Waals surface area contributed by atoms with E-state index in [9.17, 15) is 4.39 Å². The summed E-state index contributed by atoms with van der Waals surface area (Å²) in [6.07, 6.45) is 0. The van der Waals surface area contributed by atoms with E-state index in [-0.39, 0.29) is 11.9 Å². The fourth-order valence-corrected chi connectivity index (χ4v) is 2.47. The number of halogens is 2. The molecule has 0 aliphatic carbocycles. The molecule has 0 spiro atoms. The average Bonchev–Trinajstić information content (AvgIpc) is 2.40. The van der Waals surface area contributed by atoms with E-state index < -0.39 is 0 Å². The first-order valence-electron chi connectivity index (χ1n) is 5.94. The number of nitrogens with two attached hydrogens (primary N) is 1. The van der Waals surface area contributed by atoms with Gasteiger partial charge in [-0.3, -0.25) is 0 Å². The number of hydrazine groups is 1. The maximum Gasteiger partial charge on any atom is 0.123 e. The normalized spacial score (nSPS) is 18.8. The molecule has 1 saturated heterocycles. The van der Waals surface area contributed by atoms with E-state index in [1.54, 1.807) is 6.07 Å². The molecule has 1 aromatic rings. The van der Waals surface area contributed by atoms with Crippen LogP contribution in [0.25, 0.3) is 0 Å². The molecule has 0 saturated carbocycles. The van der Waals surface area contributed by atoms with Crippen LogP contribution in [0.4, 0.5) is 4.39 Å². The molecule has 3 N–H and O–H groups in total. The Morgan fingerprint density at radius 3 is 2.83 bits per heavy atom. The second-order valence-corrected chi connectivity index (χ2v) is 5.04. The number of hydrogen-bond acceptors (Lipinski definition) is 4. The van der Waals surface area contributed by atoms with Gasteiger partial charge in [0.2, 0.25) is 0 Å². The second kappa shape index (κ2) is 6.58. The van der Waals surface area contributed by atoms with Crippen LogP contribution in [0.3, 0.4) is 0 Å². The topological polar surface area (TPSA) is 50.5 Å². The van der Waals surface area contributed by atoms with Crippen molar-refractivity contribution in [3.05, 3.63) is 34.1 Å². The Hall–Kier alpha value is -0.530. The Balaban J connectivity index is 2.09. The number of morpholine rings is 1. The van der Waals surface area contributed by atoms with Crippen molar-refractivity contribution in [2.45, 2.75) is 6.04 Å². The first kappa shape index (κ1) is 13.9. The van der Waals surface area contributed by atoms with Crippen molar-refractivity contribution in [3.63, 3.8) is 0 Å². The van der Waals surface area contributed by atoms with Crippen molar-refractivity contribution < 1.29 is 9.13 Å². The molecular formula is C12H17BrFN3O. The van der Waals surface area contributed by atoms with E-state index in [1.165, 1.54) is 12.1 Å². The molecule has 1 fully saturated rings. The molecule has 1 aliphatic rings. The zero-order chi connectivity index (χ0) is 13.0. The highest BCUT2D eigenvalue weighted by molar-refractivity contribution is 9.10. The minimum atomic E-state index is -0.254. The number of nitrogens with one attached hydrogen (secondary N) is 1. The summed E-state index contributed by atoms with van der Waals surface area (Å²) in [6, 6.07) is 4.53. The first-order valence-corrected chi connectivity index (χ1v) is 6.74. The van der Waals surface area contributed by atoms with E-state index in [2.05, 4.69) is 26.4 Å². The minimum Gasteiger partial charge on any atom is -0.379 e. The quantitative estimate of drug-likeness (QED) is 0.882. The van der Waals surface area contributed by atoms with Crippen molar-refractivity contribution in [1.29, 1.82) is 0 Å². The molecule has 1 aliphatic heterocycles. The van der Waals surface area contributed by atoms with E-state index >= 15 is 0 Å². The predicted molar refractivity (Wildman–Crippen MR) is 71.4 cm³/mol. The second-order valence-electron chi connectivity index (χ2n) is 4.18. The van der Waals surface area contributed by atoms with E-state index in [0.29, 0.717) is 19.8 Å². The molecule has 100 valence electrons. The van der Waals surface area contributed by atoms with E-state index in [4.69, 9.17) is 10.5 Å². The fraction of sp³-hybridized carbons (Fsp3) is 0.500. The Bertz CT molecular complexity index is 399. The molecule has 2 rings (SSSR count). The van der Waals surface area contributed by atoms with Crippen molar-refractivity contribution in [2.75, 3.05) is 32.8 Å². The van der Waals surface area contributed by atoms with Gasteiger partial charge < -0.3 is 10.5 Å². The third-order valence-electron chi connectivity index (χ3n) is 2.92. The number of rotatable bonds is 4. The molecule has 18 heavy (non-hydrogen) atoms. The lowest BCUT2D eigenvalue weighted by molar-refractivity contribution is 0.00397. The molecule has 1 aromatic carbocycles. The smallest absolute Gasteiger partial charge is 0.123 e. The molecule has 1 atom stereocenters. The highest BCUT2D eigenvalue weighted by Crippen LogP contribution is 2.24. The average molecular weight is 318 g/mol. The maximum absolute atomic E-state index is 13.3. The minimum absolute atomic E-state index is 0.104. The SMILES string of the molecule is NCC(NN1CCOCC1)c1cc(F)ccc1Br. The van der Waals surface area contributed by atoms with Gasteiger partial charge in [0.1, 0.15) is 5.82 Å². The van der Waals surface area contributed by atoms with Crippen LogP contribution in [0.1, 0.15) is 11.6 Å². The van der Waals surface area contributed by atoms with E-state index in [0.717, 1.165) is 23.1 Å². The molecule has 0 amide bonds. The summed E-state index contributed by atoms with van der Waals surface area (Å²) >= 11 is 3.43. The number of benzene rings is 1. The largest absolute Gasteiger partial charge is 0.379 e. The van der Waals surface area contributed by atoms with Crippen LogP contribution in [0, 0.1) is 5.82 Å². The third-order valence-corrected chi connectivity index (χ3v) is 3.64. The summed E-state index contributed by atoms with van der Waals surface area (Å²) in [5, 5.41) is 2.07. The number of nitrogens with zero attached hydrogens (tertiary/aromatic N) is 1. The fourth-order valence-electron chi connectivity index (χ4n) is 1.94. The molecule has 6 heteroatoms. The van der Waals surface area contributed by atoms with Crippen LogP contribution in [-0.4, -0.2) is 37.9 Å². The monoisotopic (exact) mass is 317 g/mol. The van der Waals surface area contributed by atoms with Crippen molar-refractivity contribution in [3.8, 4) is 0 Å². The zero-order valence-electron chi connectivity index (χ0n) is 10.0. The zero-order valence-corrected chi connectivity index (χ0v) is 11.6. The Kier molecular flexibility index (Phi) is 5.08. The summed E-state index contributed by atoms with van der Waals surface area (Å²) in [4.78, 5) is 0. The van der Waals surface area contributed by atoms with Gasteiger partial charge in [-0.1, -0.05) is 15.9 Å². The van der Waals surface area contributed by atoms with Crippen LogP contribution >= 0.6 is 15.9 Å². The molecule has 1 heterocycles. The highest BCUT2D eigenvalue weighted by Gasteiger charge is 2.18. The Labute approximate surface area is 114 Å². The van der Waals surface area contributed by atoms with Crippen LogP contribution in [0.15, 0.2) is 22.7 Å². The summed E-state index contributed by atoms with van der Waals surface area (Å²) in [5.74, 6) is -0.254. The Morgan fingerprint density at radius 2 is 2.17 bits per heavy atom. The number of ether oxygens (including phenoxy) is 1. The van der Waals surface area contributed by atoms with Gasteiger partial charge in [-0.15, -0.1) is 0 Å². The lowest BCUT2D eigenvalue weighted by Gasteiger charge is -2.31. The molecule has 0 bridgehead atoms. The summed E-state index contributed by atoms with van der Waals surface area (Å²) in [5.41, 5.74) is 9.94. The third kappa shape index (κ3) is 3.49. The van der Waals surface area contributed by atoms with Crippen molar-refractivity contribution in [2.24, 2.45) is 5.73 Å². The molecule has 1 unspecified atom stereocenters. The van der Waals surface area contributed by atoms with Crippen molar-refractivity contribution >= 4 is 15.9 Å². The first-order chi connectivity index (χ1) is 8.70. The Morgan fingerprint density at radius 1 is 1.44 bits per heavy atom. The van der Waals surface area contributed by atoms with Gasteiger partial charge >= 0.3 is 0 Å². The summed E-state index contributed by atoms with van der Waals surface area (Å²) in [7, 11) is 0. The van der Waals surface area contributed by atoms with Gasteiger partial charge in [0.15, 0.2) is 0 Å². The van der Waals surface area contributed by atoms with Crippen LogP contribution in [0.2, 0.25) is 0 Å². The van der Waals surface area contributed by atoms with Gasteiger partial charge in [-0.2, -0.15) is 0 Å². The van der Waals surface area contributed by atoms with Crippen LogP contribution in [-0.2, 0) is 4.74 Å². The van der Waals surface area contributed by atoms with Gasteiger partial charge in [0.25, 0.3) is 0 Å². The summed E-state index contributed by atoms with van der Waals surface area (Å²) < 4.78 is 19.4. The van der Waals surface area contributed by atoms with Gasteiger partial charge in [0, 0.05) is 24.1 Å². The van der Waals surface area contributed by atoms with Crippen LogP contribution < -0.4 is 11.2 Å². The van der Waals surface area contributed by atoms with Crippen molar-refractivity contribution in [1.82, 2.24) is 10.4 Å². The van der Waals surface area contributed by atoms with Gasteiger partial charge in [-0.25, -0.2) is 14.8 Å². The summed E-state index contributed by atoms with van der Waals surface area (Å²) in [6.45, 7) is 3.43.